The average Bonchev–Trinajstić information content (AvgIpc) is 2.86. The first-order valence-electron chi connectivity index (χ1n) is 6.33. The fourth-order valence-corrected chi connectivity index (χ4v) is 2.81. The van der Waals surface area contributed by atoms with Gasteiger partial charge in [0, 0.05) is 19.0 Å². The molecule has 0 saturated carbocycles. The molecule has 90 valence electrons. The number of para-hydroxylation sites is 2. The van der Waals surface area contributed by atoms with Gasteiger partial charge in [-0.3, -0.25) is 0 Å². The van der Waals surface area contributed by atoms with E-state index >= 15 is 0 Å². The molecule has 0 aliphatic carbocycles. The minimum atomic E-state index is 0.231. The van der Waals surface area contributed by atoms with Gasteiger partial charge in [-0.25, -0.2) is 4.98 Å². The lowest BCUT2D eigenvalue weighted by molar-refractivity contribution is 0.400. The van der Waals surface area contributed by atoms with E-state index in [9.17, 15) is 0 Å². The van der Waals surface area contributed by atoms with E-state index in [1.54, 1.807) is 0 Å². The highest BCUT2D eigenvalue weighted by Gasteiger charge is 2.29. The largest absolute Gasteiger partial charge is 0.331 e. The van der Waals surface area contributed by atoms with Gasteiger partial charge in [-0.2, -0.15) is 0 Å². The van der Waals surface area contributed by atoms with Crippen molar-refractivity contribution < 1.29 is 0 Å². The van der Waals surface area contributed by atoms with Crippen molar-refractivity contribution in [2.75, 3.05) is 6.54 Å². The highest BCUT2D eigenvalue weighted by atomic mass is 15.1. The van der Waals surface area contributed by atoms with Crippen molar-refractivity contribution in [2.24, 2.45) is 7.05 Å². The summed E-state index contributed by atoms with van der Waals surface area (Å²) in [5, 5.41) is 3.60. The molecule has 3 nitrogen and oxygen atoms in total. The van der Waals surface area contributed by atoms with Gasteiger partial charge in [-0.05, 0) is 38.4 Å². The van der Waals surface area contributed by atoms with Crippen molar-refractivity contribution in [3.63, 3.8) is 0 Å². The number of imidazole rings is 1. The molecule has 3 rings (SSSR count). The molecule has 1 unspecified atom stereocenters. The van der Waals surface area contributed by atoms with Gasteiger partial charge in [0.2, 0.25) is 0 Å². The second kappa shape index (κ2) is 3.84. The molecule has 0 bridgehead atoms. The fourth-order valence-electron chi connectivity index (χ4n) is 2.81. The van der Waals surface area contributed by atoms with Gasteiger partial charge in [0.1, 0.15) is 5.82 Å². The number of nitrogens with one attached hydrogen (secondary N) is 1. The normalized spacial score (nSPS) is 24.6. The highest BCUT2D eigenvalue weighted by molar-refractivity contribution is 5.75. The van der Waals surface area contributed by atoms with E-state index in [4.69, 9.17) is 4.98 Å². The van der Waals surface area contributed by atoms with E-state index in [1.165, 1.54) is 24.2 Å². The molecule has 17 heavy (non-hydrogen) atoms. The maximum atomic E-state index is 4.74. The SMILES string of the molecule is Cn1c(CC2(C)CCCN2)nc2ccccc21. The molecule has 0 spiro atoms. The van der Waals surface area contributed by atoms with Gasteiger partial charge >= 0.3 is 0 Å². The molecular formula is C14H19N3. The number of hydrogen-bond acceptors (Lipinski definition) is 2. The van der Waals surface area contributed by atoms with Crippen LogP contribution in [-0.4, -0.2) is 21.6 Å². The maximum Gasteiger partial charge on any atom is 0.111 e. The zero-order valence-electron chi connectivity index (χ0n) is 10.5. The van der Waals surface area contributed by atoms with Gasteiger partial charge in [0.05, 0.1) is 11.0 Å². The Bertz CT molecular complexity index is 535. The Morgan fingerprint density at radius 3 is 2.94 bits per heavy atom. The Morgan fingerprint density at radius 2 is 2.24 bits per heavy atom. The van der Waals surface area contributed by atoms with E-state index < -0.39 is 0 Å². The summed E-state index contributed by atoms with van der Waals surface area (Å²) < 4.78 is 2.22. The van der Waals surface area contributed by atoms with Crippen LogP contribution in [0, 0.1) is 0 Å². The van der Waals surface area contributed by atoms with Crippen LogP contribution in [0.5, 0.6) is 0 Å². The maximum absolute atomic E-state index is 4.74. The van der Waals surface area contributed by atoms with Gasteiger partial charge in [0.25, 0.3) is 0 Å². The smallest absolute Gasteiger partial charge is 0.111 e. The van der Waals surface area contributed by atoms with E-state index in [-0.39, 0.29) is 5.54 Å². The molecule has 0 radical (unpaired) electrons. The molecule has 1 atom stereocenters. The van der Waals surface area contributed by atoms with E-state index in [0.29, 0.717) is 0 Å². The first-order chi connectivity index (χ1) is 8.18. The van der Waals surface area contributed by atoms with Gasteiger partial charge in [-0.15, -0.1) is 0 Å². The van der Waals surface area contributed by atoms with E-state index in [0.717, 1.165) is 18.5 Å². The molecule has 3 heteroatoms. The second-order valence-electron chi connectivity index (χ2n) is 5.34. The third-order valence-electron chi connectivity index (χ3n) is 3.89. The number of fused-ring (bicyclic) bond motifs is 1. The first kappa shape index (κ1) is 10.8. The number of aryl methyl sites for hydroxylation is 1. The lowest BCUT2D eigenvalue weighted by Gasteiger charge is -2.23. The van der Waals surface area contributed by atoms with Crippen LogP contribution in [0.3, 0.4) is 0 Å². The summed E-state index contributed by atoms with van der Waals surface area (Å²) in [5.41, 5.74) is 2.56. The summed E-state index contributed by atoms with van der Waals surface area (Å²) in [5.74, 6) is 1.18. The Balaban J connectivity index is 1.97. The van der Waals surface area contributed by atoms with Crippen LogP contribution in [0.1, 0.15) is 25.6 Å². The van der Waals surface area contributed by atoms with Crippen LogP contribution in [0.4, 0.5) is 0 Å². The summed E-state index contributed by atoms with van der Waals surface area (Å²) in [4.78, 5) is 4.74. The van der Waals surface area contributed by atoms with Gasteiger partial charge in [0.15, 0.2) is 0 Å². The molecule has 2 heterocycles. The number of benzene rings is 1. The topological polar surface area (TPSA) is 29.9 Å². The third-order valence-corrected chi connectivity index (χ3v) is 3.89. The lowest BCUT2D eigenvalue weighted by Crippen LogP contribution is -2.39. The first-order valence-corrected chi connectivity index (χ1v) is 6.33. The molecule has 1 saturated heterocycles. The zero-order valence-corrected chi connectivity index (χ0v) is 10.5. The predicted molar refractivity (Wildman–Crippen MR) is 70.1 cm³/mol. The summed E-state index contributed by atoms with van der Waals surface area (Å²) in [7, 11) is 2.11. The summed E-state index contributed by atoms with van der Waals surface area (Å²) in [6.07, 6.45) is 3.54. The van der Waals surface area contributed by atoms with Gasteiger partial charge in [-0.1, -0.05) is 12.1 Å². The number of aromatic nitrogens is 2. The molecule has 0 amide bonds. The molecule has 1 aromatic heterocycles. The fraction of sp³-hybridized carbons (Fsp3) is 0.500. The summed E-state index contributed by atoms with van der Waals surface area (Å²) in [6.45, 7) is 3.44. The van der Waals surface area contributed by atoms with Crippen LogP contribution in [0.25, 0.3) is 11.0 Å². The average molecular weight is 229 g/mol. The number of nitrogens with zero attached hydrogens (tertiary/aromatic N) is 2. The molecule has 1 aromatic carbocycles. The zero-order chi connectivity index (χ0) is 11.9. The Morgan fingerprint density at radius 1 is 1.41 bits per heavy atom. The number of rotatable bonds is 2. The molecular weight excluding hydrogens is 210 g/mol. The molecule has 2 aromatic rings. The van der Waals surface area contributed by atoms with Crippen molar-refractivity contribution in [2.45, 2.75) is 31.7 Å². The predicted octanol–water partition coefficient (Wildman–Crippen LogP) is 2.26. The molecule has 1 N–H and O–H groups in total. The Hall–Kier alpha value is -1.35. The van der Waals surface area contributed by atoms with E-state index in [1.807, 2.05) is 0 Å². The third kappa shape index (κ3) is 1.84. The van der Waals surface area contributed by atoms with Crippen LogP contribution < -0.4 is 5.32 Å². The van der Waals surface area contributed by atoms with Crippen LogP contribution in [0.15, 0.2) is 24.3 Å². The Kier molecular flexibility index (Phi) is 2.44. The van der Waals surface area contributed by atoms with Crippen molar-refractivity contribution in [3.8, 4) is 0 Å². The minimum Gasteiger partial charge on any atom is -0.331 e. The number of hydrogen-bond donors (Lipinski definition) is 1. The minimum absolute atomic E-state index is 0.231. The monoisotopic (exact) mass is 229 g/mol. The quantitative estimate of drug-likeness (QED) is 0.856. The highest BCUT2D eigenvalue weighted by Crippen LogP contribution is 2.24. The summed E-state index contributed by atoms with van der Waals surface area (Å²) >= 11 is 0. The standard InChI is InChI=1S/C14H19N3/c1-14(8-5-9-15-14)10-13-16-11-6-3-4-7-12(11)17(13)2/h3-4,6-7,15H,5,8-10H2,1-2H3. The van der Waals surface area contributed by atoms with Crippen LogP contribution in [-0.2, 0) is 13.5 Å². The Labute approximate surface area is 102 Å². The van der Waals surface area contributed by atoms with Crippen molar-refractivity contribution in [1.29, 1.82) is 0 Å². The second-order valence-corrected chi connectivity index (χ2v) is 5.34. The van der Waals surface area contributed by atoms with Crippen molar-refractivity contribution in [3.05, 3.63) is 30.1 Å². The summed E-state index contributed by atoms with van der Waals surface area (Å²) in [6, 6.07) is 8.34. The lowest BCUT2D eigenvalue weighted by atomic mass is 9.96. The van der Waals surface area contributed by atoms with Crippen LogP contribution >= 0.6 is 0 Å². The van der Waals surface area contributed by atoms with Gasteiger partial charge < -0.3 is 9.88 Å². The van der Waals surface area contributed by atoms with Crippen LogP contribution in [0.2, 0.25) is 0 Å². The van der Waals surface area contributed by atoms with E-state index in [2.05, 4.69) is 48.1 Å². The molecule has 1 aliphatic rings. The molecule has 1 fully saturated rings. The van der Waals surface area contributed by atoms with Crippen molar-refractivity contribution >= 4 is 11.0 Å². The molecule has 1 aliphatic heterocycles. The van der Waals surface area contributed by atoms with Crippen molar-refractivity contribution in [1.82, 2.24) is 14.9 Å².